The molecule has 1 atom stereocenters. The Morgan fingerprint density at radius 2 is 2.50 bits per heavy atom. The van der Waals surface area contributed by atoms with E-state index in [-0.39, 0.29) is 11.9 Å². The summed E-state index contributed by atoms with van der Waals surface area (Å²) in [5, 5.41) is 7.94. The zero-order valence-corrected chi connectivity index (χ0v) is 10.9. The average Bonchev–Trinajstić information content (AvgIpc) is 3.08. The predicted molar refractivity (Wildman–Crippen MR) is 68.6 cm³/mol. The first-order valence-electron chi connectivity index (χ1n) is 6.02. The van der Waals surface area contributed by atoms with Gasteiger partial charge in [0.15, 0.2) is 0 Å². The van der Waals surface area contributed by atoms with Crippen LogP contribution < -0.4 is 0 Å². The lowest BCUT2D eigenvalue weighted by atomic mass is 10.1. The molecule has 3 heterocycles. The summed E-state index contributed by atoms with van der Waals surface area (Å²) < 4.78 is 5.07. The number of carbonyl (C=O) groups excluding carboxylic acids is 1. The molecule has 3 rings (SSSR count). The molecule has 0 bridgehead atoms. The number of amides is 1. The van der Waals surface area contributed by atoms with Crippen molar-refractivity contribution in [1.82, 2.24) is 10.1 Å². The summed E-state index contributed by atoms with van der Waals surface area (Å²) in [7, 11) is 0. The van der Waals surface area contributed by atoms with Crippen molar-refractivity contribution in [1.29, 1.82) is 0 Å². The molecule has 94 valence electrons. The Bertz CT molecular complexity index is 547. The second kappa shape index (κ2) is 4.57. The van der Waals surface area contributed by atoms with Crippen LogP contribution in [0.3, 0.4) is 0 Å². The molecule has 2 aromatic rings. The van der Waals surface area contributed by atoms with Gasteiger partial charge in [-0.05, 0) is 42.2 Å². The summed E-state index contributed by atoms with van der Waals surface area (Å²) in [5.74, 6) is 0.291. The van der Waals surface area contributed by atoms with Gasteiger partial charge in [0.2, 0.25) is 5.76 Å². The SMILES string of the molecule is Cc1cc(C(=O)N2CCCC2c2ccsc2)on1. The molecule has 1 aliphatic rings. The molecule has 2 aromatic heterocycles. The Kier molecular flexibility index (Phi) is 2.91. The van der Waals surface area contributed by atoms with Crippen LogP contribution in [0.2, 0.25) is 0 Å². The average molecular weight is 262 g/mol. The lowest BCUT2D eigenvalue weighted by Crippen LogP contribution is -2.30. The number of aryl methyl sites for hydroxylation is 1. The van der Waals surface area contributed by atoms with Gasteiger partial charge in [-0.3, -0.25) is 4.79 Å². The van der Waals surface area contributed by atoms with Crippen molar-refractivity contribution >= 4 is 17.2 Å². The Balaban J connectivity index is 1.85. The van der Waals surface area contributed by atoms with E-state index in [2.05, 4.69) is 22.0 Å². The van der Waals surface area contributed by atoms with Gasteiger partial charge in [0.25, 0.3) is 5.91 Å². The van der Waals surface area contributed by atoms with E-state index >= 15 is 0 Å². The number of hydrogen-bond donors (Lipinski definition) is 0. The fourth-order valence-electron chi connectivity index (χ4n) is 2.43. The Hall–Kier alpha value is -1.62. The number of rotatable bonds is 2. The molecule has 4 nitrogen and oxygen atoms in total. The fraction of sp³-hybridized carbons (Fsp3) is 0.385. The standard InChI is InChI=1S/C13H14N2O2S/c1-9-7-12(17-14-9)13(16)15-5-2-3-11(15)10-4-6-18-8-10/h4,6-8,11H,2-3,5H2,1H3. The molecule has 5 heteroatoms. The van der Waals surface area contributed by atoms with Crippen molar-refractivity contribution in [2.24, 2.45) is 0 Å². The van der Waals surface area contributed by atoms with Crippen molar-refractivity contribution in [3.05, 3.63) is 39.9 Å². The highest BCUT2D eigenvalue weighted by Gasteiger charge is 2.32. The van der Waals surface area contributed by atoms with E-state index < -0.39 is 0 Å². The minimum Gasteiger partial charge on any atom is -0.351 e. The highest BCUT2D eigenvalue weighted by atomic mass is 32.1. The van der Waals surface area contributed by atoms with Gasteiger partial charge in [-0.25, -0.2) is 0 Å². The summed E-state index contributed by atoms with van der Waals surface area (Å²) in [4.78, 5) is 14.3. The smallest absolute Gasteiger partial charge is 0.292 e. The van der Waals surface area contributed by atoms with Crippen molar-refractivity contribution in [2.45, 2.75) is 25.8 Å². The number of thiophene rings is 1. The van der Waals surface area contributed by atoms with Crippen molar-refractivity contribution in [3.8, 4) is 0 Å². The molecule has 0 radical (unpaired) electrons. The largest absolute Gasteiger partial charge is 0.351 e. The van der Waals surface area contributed by atoms with E-state index in [0.717, 1.165) is 25.1 Å². The summed E-state index contributed by atoms with van der Waals surface area (Å²) in [6, 6.07) is 3.98. The maximum absolute atomic E-state index is 12.4. The zero-order chi connectivity index (χ0) is 12.5. The Morgan fingerprint density at radius 1 is 1.61 bits per heavy atom. The van der Waals surface area contributed by atoms with E-state index in [1.165, 1.54) is 5.56 Å². The van der Waals surface area contributed by atoms with Gasteiger partial charge in [-0.1, -0.05) is 5.16 Å². The second-order valence-electron chi connectivity index (χ2n) is 4.55. The zero-order valence-electron chi connectivity index (χ0n) is 10.1. The molecular formula is C13H14N2O2S. The molecule has 1 unspecified atom stereocenters. The third-order valence-corrected chi connectivity index (χ3v) is 3.98. The number of likely N-dealkylation sites (tertiary alicyclic amines) is 1. The summed E-state index contributed by atoms with van der Waals surface area (Å²) in [6.45, 7) is 2.61. The first kappa shape index (κ1) is 11.5. The van der Waals surface area contributed by atoms with Crippen molar-refractivity contribution < 1.29 is 9.32 Å². The normalized spacial score (nSPS) is 19.4. The molecule has 0 aromatic carbocycles. The number of carbonyl (C=O) groups is 1. The van der Waals surface area contributed by atoms with Crippen LogP contribution >= 0.6 is 11.3 Å². The minimum atomic E-state index is -0.0516. The first-order chi connectivity index (χ1) is 8.75. The van der Waals surface area contributed by atoms with E-state index in [1.54, 1.807) is 17.4 Å². The van der Waals surface area contributed by atoms with Crippen LogP contribution in [0, 0.1) is 6.92 Å². The minimum absolute atomic E-state index is 0.0516. The first-order valence-corrected chi connectivity index (χ1v) is 6.96. The number of aromatic nitrogens is 1. The molecular weight excluding hydrogens is 248 g/mol. The van der Waals surface area contributed by atoms with E-state index in [0.29, 0.717) is 5.76 Å². The van der Waals surface area contributed by atoms with Crippen LogP contribution in [-0.2, 0) is 0 Å². The second-order valence-corrected chi connectivity index (χ2v) is 5.33. The van der Waals surface area contributed by atoms with Gasteiger partial charge in [0, 0.05) is 12.6 Å². The Morgan fingerprint density at radius 3 is 3.17 bits per heavy atom. The quantitative estimate of drug-likeness (QED) is 0.835. The maximum Gasteiger partial charge on any atom is 0.292 e. The topological polar surface area (TPSA) is 46.3 Å². The van der Waals surface area contributed by atoms with Gasteiger partial charge in [-0.2, -0.15) is 11.3 Å². The lowest BCUT2D eigenvalue weighted by Gasteiger charge is -2.22. The third kappa shape index (κ3) is 1.95. The number of hydrogen-bond acceptors (Lipinski definition) is 4. The van der Waals surface area contributed by atoms with Gasteiger partial charge < -0.3 is 9.42 Å². The third-order valence-electron chi connectivity index (χ3n) is 3.28. The van der Waals surface area contributed by atoms with Gasteiger partial charge in [-0.15, -0.1) is 0 Å². The van der Waals surface area contributed by atoms with Crippen LogP contribution in [0.5, 0.6) is 0 Å². The van der Waals surface area contributed by atoms with Gasteiger partial charge in [0.1, 0.15) is 0 Å². The van der Waals surface area contributed by atoms with Crippen molar-refractivity contribution in [2.75, 3.05) is 6.54 Å². The van der Waals surface area contributed by atoms with Crippen LogP contribution in [0.15, 0.2) is 27.4 Å². The molecule has 1 aliphatic heterocycles. The van der Waals surface area contributed by atoms with E-state index in [1.807, 2.05) is 11.8 Å². The van der Waals surface area contributed by atoms with Gasteiger partial charge >= 0.3 is 0 Å². The molecule has 1 amide bonds. The van der Waals surface area contributed by atoms with Crippen LogP contribution in [0.4, 0.5) is 0 Å². The fourth-order valence-corrected chi connectivity index (χ4v) is 3.13. The summed E-state index contributed by atoms with van der Waals surface area (Å²) >= 11 is 1.67. The van der Waals surface area contributed by atoms with Crippen LogP contribution in [0.25, 0.3) is 0 Å². The molecule has 0 saturated carbocycles. The van der Waals surface area contributed by atoms with E-state index in [4.69, 9.17) is 4.52 Å². The number of nitrogens with zero attached hydrogens (tertiary/aromatic N) is 2. The molecule has 0 N–H and O–H groups in total. The van der Waals surface area contributed by atoms with Crippen LogP contribution in [0.1, 0.15) is 40.7 Å². The molecule has 1 fully saturated rings. The van der Waals surface area contributed by atoms with Gasteiger partial charge in [0.05, 0.1) is 11.7 Å². The predicted octanol–water partition coefficient (Wildman–Crippen LogP) is 3.02. The maximum atomic E-state index is 12.4. The molecule has 0 spiro atoms. The molecule has 18 heavy (non-hydrogen) atoms. The monoisotopic (exact) mass is 262 g/mol. The van der Waals surface area contributed by atoms with Crippen LogP contribution in [-0.4, -0.2) is 22.5 Å². The summed E-state index contributed by atoms with van der Waals surface area (Å²) in [6.07, 6.45) is 2.06. The highest BCUT2D eigenvalue weighted by molar-refractivity contribution is 7.07. The highest BCUT2D eigenvalue weighted by Crippen LogP contribution is 2.34. The lowest BCUT2D eigenvalue weighted by molar-refractivity contribution is 0.0693. The molecule has 0 aliphatic carbocycles. The molecule has 1 saturated heterocycles. The summed E-state index contributed by atoms with van der Waals surface area (Å²) in [5.41, 5.74) is 1.96. The van der Waals surface area contributed by atoms with E-state index in [9.17, 15) is 4.79 Å². The Labute approximate surface area is 109 Å². The van der Waals surface area contributed by atoms with Crippen molar-refractivity contribution in [3.63, 3.8) is 0 Å².